The number of morpholine rings is 1. The van der Waals surface area contributed by atoms with Gasteiger partial charge in [-0.05, 0) is 50.7 Å². The predicted octanol–water partition coefficient (Wildman–Crippen LogP) is 2.71. The van der Waals surface area contributed by atoms with Gasteiger partial charge in [0.1, 0.15) is 11.8 Å². The van der Waals surface area contributed by atoms with Crippen molar-refractivity contribution in [1.29, 1.82) is 0 Å². The first-order chi connectivity index (χ1) is 15.9. The van der Waals surface area contributed by atoms with Crippen LogP contribution >= 0.6 is 0 Å². The summed E-state index contributed by atoms with van der Waals surface area (Å²) in [5.74, 6) is -0.369. The molecule has 0 atom stereocenters. The SMILES string of the molecule is O=C(OC1CCCCC1)C1CCN(c2ccc(S(=O)(=O)N3CCOCC3)cc2[N+](=O)[O-])CC1. The molecule has 10 nitrogen and oxygen atoms in total. The highest BCUT2D eigenvalue weighted by Crippen LogP contribution is 2.35. The minimum absolute atomic E-state index is 0.0197. The highest BCUT2D eigenvalue weighted by molar-refractivity contribution is 7.89. The molecule has 1 saturated carbocycles. The number of ether oxygens (including phenoxy) is 2. The summed E-state index contributed by atoms with van der Waals surface area (Å²) in [6.45, 7) is 2.00. The first-order valence-electron chi connectivity index (χ1n) is 11.7. The lowest BCUT2D eigenvalue weighted by molar-refractivity contribution is -0.384. The number of sulfonamides is 1. The van der Waals surface area contributed by atoms with Crippen LogP contribution in [0.3, 0.4) is 0 Å². The van der Waals surface area contributed by atoms with Crippen LogP contribution < -0.4 is 4.90 Å². The van der Waals surface area contributed by atoms with E-state index in [4.69, 9.17) is 9.47 Å². The minimum Gasteiger partial charge on any atom is -0.462 e. The predicted molar refractivity (Wildman–Crippen MR) is 121 cm³/mol. The molecule has 1 aromatic rings. The Kier molecular flexibility index (Phi) is 7.50. The van der Waals surface area contributed by atoms with E-state index in [1.165, 1.54) is 22.9 Å². The Balaban J connectivity index is 1.43. The van der Waals surface area contributed by atoms with Crippen LogP contribution in [-0.4, -0.2) is 69.1 Å². The molecule has 0 aromatic heterocycles. The van der Waals surface area contributed by atoms with Gasteiger partial charge in [-0.25, -0.2) is 8.42 Å². The first kappa shape index (κ1) is 23.9. The van der Waals surface area contributed by atoms with Gasteiger partial charge < -0.3 is 14.4 Å². The molecule has 2 heterocycles. The number of nitro benzene ring substituents is 1. The fraction of sp³-hybridized carbons (Fsp3) is 0.682. The molecule has 3 fully saturated rings. The zero-order chi connectivity index (χ0) is 23.4. The summed E-state index contributed by atoms with van der Waals surface area (Å²) in [6.07, 6.45) is 6.36. The van der Waals surface area contributed by atoms with Crippen LogP contribution in [0.5, 0.6) is 0 Å². The number of carbonyl (C=O) groups excluding carboxylic acids is 1. The molecule has 1 aliphatic carbocycles. The second kappa shape index (κ2) is 10.4. The monoisotopic (exact) mass is 481 g/mol. The molecule has 0 unspecified atom stereocenters. The van der Waals surface area contributed by atoms with Gasteiger partial charge in [0, 0.05) is 32.2 Å². The number of nitro groups is 1. The van der Waals surface area contributed by atoms with Crippen molar-refractivity contribution in [2.24, 2.45) is 5.92 Å². The summed E-state index contributed by atoms with van der Waals surface area (Å²) in [7, 11) is -3.83. The fourth-order valence-corrected chi connectivity index (χ4v) is 6.24. The van der Waals surface area contributed by atoms with E-state index >= 15 is 0 Å². The molecule has 0 N–H and O–H groups in total. The lowest BCUT2D eigenvalue weighted by atomic mass is 9.95. The van der Waals surface area contributed by atoms with Crippen LogP contribution in [0.4, 0.5) is 11.4 Å². The molecule has 3 aliphatic rings. The van der Waals surface area contributed by atoms with Gasteiger partial charge in [0.15, 0.2) is 0 Å². The van der Waals surface area contributed by atoms with Gasteiger partial charge in [0.25, 0.3) is 5.69 Å². The van der Waals surface area contributed by atoms with Gasteiger partial charge in [-0.2, -0.15) is 4.31 Å². The van der Waals surface area contributed by atoms with E-state index in [0.717, 1.165) is 31.7 Å². The molecule has 2 aliphatic heterocycles. The molecule has 182 valence electrons. The largest absolute Gasteiger partial charge is 0.462 e. The van der Waals surface area contributed by atoms with E-state index in [-0.39, 0.29) is 41.7 Å². The van der Waals surface area contributed by atoms with Gasteiger partial charge >= 0.3 is 5.97 Å². The smallest absolute Gasteiger partial charge is 0.309 e. The number of esters is 1. The van der Waals surface area contributed by atoms with Crippen LogP contribution in [0, 0.1) is 16.0 Å². The first-order valence-corrected chi connectivity index (χ1v) is 13.1. The van der Waals surface area contributed by atoms with Gasteiger partial charge in [-0.3, -0.25) is 14.9 Å². The third-order valence-corrected chi connectivity index (χ3v) is 8.65. The summed E-state index contributed by atoms with van der Waals surface area (Å²) < 4.78 is 38.0. The Bertz CT molecular complexity index is 964. The van der Waals surface area contributed by atoms with Crippen molar-refractivity contribution in [3.63, 3.8) is 0 Å². The van der Waals surface area contributed by atoms with Crippen molar-refractivity contribution in [2.75, 3.05) is 44.3 Å². The van der Waals surface area contributed by atoms with E-state index in [9.17, 15) is 23.3 Å². The van der Waals surface area contributed by atoms with Gasteiger partial charge in [0.05, 0.1) is 29.0 Å². The van der Waals surface area contributed by atoms with Crippen molar-refractivity contribution in [3.8, 4) is 0 Å². The Morgan fingerprint density at radius 3 is 2.33 bits per heavy atom. The maximum Gasteiger partial charge on any atom is 0.309 e. The normalized spacial score (nSPS) is 21.6. The van der Waals surface area contributed by atoms with E-state index in [1.807, 2.05) is 4.90 Å². The summed E-state index contributed by atoms with van der Waals surface area (Å²) in [5.41, 5.74) is 0.132. The number of anilines is 1. The average molecular weight is 482 g/mol. The second-order valence-electron chi connectivity index (χ2n) is 8.88. The lowest BCUT2D eigenvalue weighted by Gasteiger charge is -2.33. The standard InChI is InChI=1S/C22H31N3O7S/c26-22(32-18-4-2-1-3-5-18)17-8-10-23(11-9-17)20-7-6-19(16-21(20)25(27)28)33(29,30)24-12-14-31-15-13-24/h6-7,16-18H,1-5,8-15H2. The Hall–Kier alpha value is -2.24. The van der Waals surface area contributed by atoms with Crippen LogP contribution in [-0.2, 0) is 24.3 Å². The minimum atomic E-state index is -3.83. The molecule has 11 heteroatoms. The van der Waals surface area contributed by atoms with E-state index in [0.29, 0.717) is 44.8 Å². The highest BCUT2D eigenvalue weighted by Gasteiger charge is 2.33. The summed E-state index contributed by atoms with van der Waals surface area (Å²) in [5, 5.41) is 11.8. The summed E-state index contributed by atoms with van der Waals surface area (Å²) >= 11 is 0. The lowest BCUT2D eigenvalue weighted by Crippen LogP contribution is -2.40. The van der Waals surface area contributed by atoms with Crippen molar-refractivity contribution < 1.29 is 27.6 Å². The van der Waals surface area contributed by atoms with Crippen molar-refractivity contribution in [3.05, 3.63) is 28.3 Å². The van der Waals surface area contributed by atoms with E-state index < -0.39 is 14.9 Å². The topological polar surface area (TPSA) is 119 Å². The molecular formula is C22H31N3O7S. The molecule has 0 amide bonds. The molecule has 0 spiro atoms. The number of benzene rings is 1. The number of rotatable bonds is 6. The van der Waals surface area contributed by atoms with E-state index in [1.54, 1.807) is 0 Å². The molecule has 0 bridgehead atoms. The molecule has 0 radical (unpaired) electrons. The number of carbonyl (C=O) groups is 1. The molecular weight excluding hydrogens is 450 g/mol. The maximum atomic E-state index is 12.9. The third-order valence-electron chi connectivity index (χ3n) is 6.76. The Morgan fingerprint density at radius 2 is 1.70 bits per heavy atom. The van der Waals surface area contributed by atoms with Crippen LogP contribution in [0.15, 0.2) is 23.1 Å². The highest BCUT2D eigenvalue weighted by atomic mass is 32.2. The Labute approximate surface area is 194 Å². The molecule has 1 aromatic carbocycles. The number of hydrogen-bond donors (Lipinski definition) is 0. The third kappa shape index (κ3) is 5.47. The zero-order valence-corrected chi connectivity index (χ0v) is 19.5. The fourth-order valence-electron chi connectivity index (χ4n) is 4.81. The number of nitrogens with zero attached hydrogens (tertiary/aromatic N) is 3. The van der Waals surface area contributed by atoms with Crippen molar-refractivity contribution in [1.82, 2.24) is 4.31 Å². The average Bonchev–Trinajstić information content (AvgIpc) is 2.85. The number of piperidine rings is 1. The van der Waals surface area contributed by atoms with Crippen molar-refractivity contribution >= 4 is 27.4 Å². The van der Waals surface area contributed by atoms with Gasteiger partial charge in [0.2, 0.25) is 10.0 Å². The summed E-state index contributed by atoms with van der Waals surface area (Å²) in [4.78, 5) is 25.6. The van der Waals surface area contributed by atoms with E-state index in [2.05, 4.69) is 0 Å². The van der Waals surface area contributed by atoms with Crippen LogP contribution in [0.25, 0.3) is 0 Å². The molecule has 33 heavy (non-hydrogen) atoms. The molecule has 2 saturated heterocycles. The Morgan fingerprint density at radius 1 is 1.03 bits per heavy atom. The summed E-state index contributed by atoms with van der Waals surface area (Å²) in [6, 6.07) is 4.08. The quantitative estimate of drug-likeness (QED) is 0.346. The maximum absolute atomic E-state index is 12.9. The second-order valence-corrected chi connectivity index (χ2v) is 10.8. The van der Waals surface area contributed by atoms with Crippen molar-refractivity contribution in [2.45, 2.75) is 55.9 Å². The molecule has 4 rings (SSSR count). The van der Waals surface area contributed by atoms with Gasteiger partial charge in [-0.15, -0.1) is 0 Å². The van der Waals surface area contributed by atoms with Crippen LogP contribution in [0.1, 0.15) is 44.9 Å². The van der Waals surface area contributed by atoms with Crippen LogP contribution in [0.2, 0.25) is 0 Å². The number of hydrogen-bond acceptors (Lipinski definition) is 8. The zero-order valence-electron chi connectivity index (χ0n) is 18.7. The van der Waals surface area contributed by atoms with Gasteiger partial charge in [-0.1, -0.05) is 6.42 Å².